The molecule has 6 nitrogen and oxygen atoms in total. The Morgan fingerprint density at radius 3 is 2.48 bits per heavy atom. The van der Waals surface area contributed by atoms with Gasteiger partial charge >= 0.3 is 5.97 Å². The summed E-state index contributed by atoms with van der Waals surface area (Å²) in [4.78, 5) is 23.4. The highest BCUT2D eigenvalue weighted by atomic mass is 16.4. The van der Waals surface area contributed by atoms with Gasteiger partial charge in [0.15, 0.2) is 0 Å². The number of aliphatic carboxylic acids is 1. The van der Waals surface area contributed by atoms with E-state index in [1.165, 1.54) is 0 Å². The van der Waals surface area contributed by atoms with E-state index < -0.39 is 11.5 Å². The Morgan fingerprint density at radius 1 is 1.35 bits per heavy atom. The average molecular weight is 321 g/mol. The molecule has 0 saturated heterocycles. The zero-order valence-electron chi connectivity index (χ0n) is 14.5. The molecule has 0 bridgehead atoms. The van der Waals surface area contributed by atoms with Crippen LogP contribution < -0.4 is 5.32 Å². The third kappa shape index (κ3) is 3.74. The molecule has 1 aliphatic carbocycles. The third-order valence-corrected chi connectivity index (χ3v) is 4.67. The highest BCUT2D eigenvalue weighted by Gasteiger charge is 2.45. The lowest BCUT2D eigenvalue weighted by molar-refractivity contribution is -0.151. The number of nitrogens with zero attached hydrogens (tertiary/aromatic N) is 2. The first-order chi connectivity index (χ1) is 10.7. The maximum absolute atomic E-state index is 12.1. The van der Waals surface area contributed by atoms with Gasteiger partial charge in [-0.3, -0.25) is 9.48 Å². The van der Waals surface area contributed by atoms with E-state index in [1.807, 2.05) is 18.5 Å². The molecular weight excluding hydrogens is 294 g/mol. The fraction of sp³-hybridized carbons (Fsp3) is 0.706. The summed E-state index contributed by atoms with van der Waals surface area (Å²) >= 11 is 0. The second kappa shape index (κ2) is 6.72. The molecule has 0 unspecified atom stereocenters. The minimum absolute atomic E-state index is 0.192. The van der Waals surface area contributed by atoms with Crippen molar-refractivity contribution in [3.63, 3.8) is 0 Å². The summed E-state index contributed by atoms with van der Waals surface area (Å²) in [6, 6.07) is 0. The minimum Gasteiger partial charge on any atom is -0.480 e. The van der Waals surface area contributed by atoms with Crippen LogP contribution in [0.15, 0.2) is 0 Å². The van der Waals surface area contributed by atoms with Crippen LogP contribution in [-0.2, 0) is 22.6 Å². The summed E-state index contributed by atoms with van der Waals surface area (Å²) in [5, 5.41) is 16.5. The van der Waals surface area contributed by atoms with Gasteiger partial charge in [-0.25, -0.2) is 4.79 Å². The standard InChI is InChI=1S/C17H27N3O3/c1-11(2)10-20-13(4)14(12(3)19-20)6-7-15(21)18-17(16(22)23)8-5-9-17/h11H,5-10H2,1-4H3,(H,18,21)(H,22,23). The fourth-order valence-electron chi connectivity index (χ4n) is 3.11. The van der Waals surface area contributed by atoms with Crippen molar-refractivity contribution in [3.05, 3.63) is 17.0 Å². The molecule has 23 heavy (non-hydrogen) atoms. The largest absolute Gasteiger partial charge is 0.480 e. The van der Waals surface area contributed by atoms with Gasteiger partial charge in [0, 0.05) is 18.7 Å². The molecule has 128 valence electrons. The monoisotopic (exact) mass is 321 g/mol. The van der Waals surface area contributed by atoms with Gasteiger partial charge in [-0.1, -0.05) is 13.8 Å². The topological polar surface area (TPSA) is 84.2 Å². The molecule has 2 rings (SSSR count). The Balaban J connectivity index is 1.97. The van der Waals surface area contributed by atoms with Crippen molar-refractivity contribution in [1.82, 2.24) is 15.1 Å². The van der Waals surface area contributed by atoms with Crippen molar-refractivity contribution < 1.29 is 14.7 Å². The summed E-state index contributed by atoms with van der Waals surface area (Å²) in [5.74, 6) is -0.602. The van der Waals surface area contributed by atoms with Crippen LogP contribution in [0.2, 0.25) is 0 Å². The zero-order valence-corrected chi connectivity index (χ0v) is 14.5. The number of carboxylic acids is 1. The number of rotatable bonds is 7. The maximum atomic E-state index is 12.1. The van der Waals surface area contributed by atoms with Gasteiger partial charge in [0.05, 0.1) is 5.69 Å². The smallest absolute Gasteiger partial charge is 0.329 e. The van der Waals surface area contributed by atoms with Crippen molar-refractivity contribution in [2.24, 2.45) is 5.92 Å². The van der Waals surface area contributed by atoms with Gasteiger partial charge in [0.1, 0.15) is 5.54 Å². The molecule has 0 aromatic carbocycles. The summed E-state index contributed by atoms with van der Waals surface area (Å²) in [7, 11) is 0. The van der Waals surface area contributed by atoms with Crippen molar-refractivity contribution in [3.8, 4) is 0 Å². The van der Waals surface area contributed by atoms with Gasteiger partial charge in [-0.05, 0) is 51.0 Å². The number of hydrogen-bond acceptors (Lipinski definition) is 3. The van der Waals surface area contributed by atoms with E-state index in [2.05, 4.69) is 24.3 Å². The highest BCUT2D eigenvalue weighted by molar-refractivity contribution is 5.87. The molecule has 6 heteroatoms. The Kier molecular flexibility index (Phi) is 5.12. The SMILES string of the molecule is Cc1nn(CC(C)C)c(C)c1CCC(=O)NC1(C(=O)O)CCC1. The first kappa shape index (κ1) is 17.5. The molecule has 1 heterocycles. The minimum atomic E-state index is -1.02. The highest BCUT2D eigenvalue weighted by Crippen LogP contribution is 2.32. The Hall–Kier alpha value is -1.85. The molecule has 1 aliphatic rings. The third-order valence-electron chi connectivity index (χ3n) is 4.67. The van der Waals surface area contributed by atoms with Crippen LogP contribution in [0.5, 0.6) is 0 Å². The van der Waals surface area contributed by atoms with E-state index >= 15 is 0 Å². The lowest BCUT2D eigenvalue weighted by atomic mass is 9.76. The Labute approximate surface area is 137 Å². The average Bonchev–Trinajstić information content (AvgIpc) is 2.65. The van der Waals surface area contributed by atoms with Crippen LogP contribution in [-0.4, -0.2) is 32.3 Å². The Bertz CT molecular complexity index is 600. The molecule has 0 atom stereocenters. The van der Waals surface area contributed by atoms with Crippen LogP contribution >= 0.6 is 0 Å². The summed E-state index contributed by atoms with van der Waals surface area (Å²) in [6.07, 6.45) is 2.80. The molecule has 1 aromatic heterocycles. The van der Waals surface area contributed by atoms with Crippen LogP contribution in [0.25, 0.3) is 0 Å². The number of hydrogen-bond donors (Lipinski definition) is 2. The molecule has 0 radical (unpaired) electrons. The van der Waals surface area contributed by atoms with E-state index in [0.29, 0.717) is 31.6 Å². The van der Waals surface area contributed by atoms with E-state index in [9.17, 15) is 14.7 Å². The van der Waals surface area contributed by atoms with Crippen molar-refractivity contribution in [1.29, 1.82) is 0 Å². The molecule has 0 spiro atoms. The Morgan fingerprint density at radius 2 is 2.00 bits per heavy atom. The second-order valence-electron chi connectivity index (χ2n) is 7.01. The quantitative estimate of drug-likeness (QED) is 0.806. The van der Waals surface area contributed by atoms with Crippen molar-refractivity contribution >= 4 is 11.9 Å². The summed E-state index contributed by atoms with van der Waals surface area (Å²) < 4.78 is 2.00. The molecule has 1 aromatic rings. The molecule has 1 amide bonds. The molecule has 1 fully saturated rings. The van der Waals surface area contributed by atoms with E-state index in [0.717, 1.165) is 29.9 Å². The number of aromatic nitrogens is 2. The molecule has 0 aliphatic heterocycles. The van der Waals surface area contributed by atoms with E-state index in [-0.39, 0.29) is 5.91 Å². The summed E-state index contributed by atoms with van der Waals surface area (Å²) in [5.41, 5.74) is 2.12. The van der Waals surface area contributed by atoms with Crippen LogP contribution in [0.4, 0.5) is 0 Å². The molecule has 1 saturated carbocycles. The van der Waals surface area contributed by atoms with Gasteiger partial charge in [-0.15, -0.1) is 0 Å². The first-order valence-corrected chi connectivity index (χ1v) is 8.32. The van der Waals surface area contributed by atoms with E-state index in [4.69, 9.17) is 0 Å². The second-order valence-corrected chi connectivity index (χ2v) is 7.01. The van der Waals surface area contributed by atoms with Gasteiger partial charge < -0.3 is 10.4 Å². The van der Waals surface area contributed by atoms with Crippen molar-refractivity contribution in [2.75, 3.05) is 0 Å². The van der Waals surface area contributed by atoms with Gasteiger partial charge in [0.25, 0.3) is 0 Å². The lowest BCUT2D eigenvalue weighted by Crippen LogP contribution is -2.59. The fourth-order valence-corrected chi connectivity index (χ4v) is 3.11. The predicted molar refractivity (Wildman–Crippen MR) is 87.2 cm³/mol. The predicted octanol–water partition coefficient (Wildman–Crippen LogP) is 2.21. The molecule has 2 N–H and O–H groups in total. The lowest BCUT2D eigenvalue weighted by Gasteiger charge is -2.38. The maximum Gasteiger partial charge on any atom is 0.329 e. The zero-order chi connectivity index (χ0) is 17.2. The number of aryl methyl sites for hydroxylation is 1. The summed E-state index contributed by atoms with van der Waals surface area (Å²) in [6.45, 7) is 9.14. The first-order valence-electron chi connectivity index (χ1n) is 8.32. The van der Waals surface area contributed by atoms with Crippen molar-refractivity contribution in [2.45, 2.75) is 71.9 Å². The van der Waals surface area contributed by atoms with Crippen LogP contribution in [0, 0.1) is 19.8 Å². The number of amides is 1. The number of carbonyl (C=O) groups excluding carboxylic acids is 1. The number of nitrogens with one attached hydrogen (secondary N) is 1. The van der Waals surface area contributed by atoms with E-state index in [1.54, 1.807) is 0 Å². The number of carboxylic acid groups (broad SMARTS) is 1. The normalized spacial score (nSPS) is 16.2. The van der Waals surface area contributed by atoms with Crippen LogP contribution in [0.1, 0.15) is 56.5 Å². The van der Waals surface area contributed by atoms with Crippen LogP contribution in [0.3, 0.4) is 0 Å². The number of carbonyl (C=O) groups is 2. The van der Waals surface area contributed by atoms with Gasteiger partial charge in [-0.2, -0.15) is 5.10 Å². The molecular formula is C17H27N3O3. The van der Waals surface area contributed by atoms with Gasteiger partial charge in [0.2, 0.25) is 5.91 Å².